The number of carbonyl (C=O) groups is 1. The van der Waals surface area contributed by atoms with Crippen LogP contribution in [-0.4, -0.2) is 64.8 Å². The summed E-state index contributed by atoms with van der Waals surface area (Å²) in [5.74, 6) is 0.121. The van der Waals surface area contributed by atoms with Crippen molar-refractivity contribution in [3.05, 3.63) is 59.4 Å². The van der Waals surface area contributed by atoms with Gasteiger partial charge < -0.3 is 5.32 Å². The number of nitrogens with zero attached hydrogens (tertiary/aromatic N) is 4. The van der Waals surface area contributed by atoms with Crippen molar-refractivity contribution in [2.24, 2.45) is 7.05 Å². The lowest BCUT2D eigenvalue weighted by Gasteiger charge is -2.29. The van der Waals surface area contributed by atoms with Crippen molar-refractivity contribution in [3.63, 3.8) is 0 Å². The summed E-state index contributed by atoms with van der Waals surface area (Å²) in [6.07, 6.45) is 8.25. The molecule has 0 spiro atoms. The van der Waals surface area contributed by atoms with Gasteiger partial charge in [0.1, 0.15) is 0 Å². The first-order valence-corrected chi connectivity index (χ1v) is 10.1. The third-order valence-electron chi connectivity index (χ3n) is 5.70. The fraction of sp³-hybridized carbons (Fsp3) is 0.455. The Morgan fingerprint density at radius 2 is 1.96 bits per heavy atom. The normalized spacial score (nSPS) is 17.8. The maximum absolute atomic E-state index is 12.3. The van der Waals surface area contributed by atoms with Crippen LogP contribution < -0.4 is 5.32 Å². The molecule has 148 valence electrons. The average Bonchev–Trinajstić information content (AvgIpc) is 3.15. The maximum atomic E-state index is 12.3. The molecule has 0 atom stereocenters. The highest BCUT2D eigenvalue weighted by molar-refractivity contribution is 5.78. The molecule has 0 unspecified atom stereocenters. The van der Waals surface area contributed by atoms with Gasteiger partial charge in [-0.3, -0.25) is 19.3 Å². The number of aromatic nitrogens is 2. The Bertz CT molecular complexity index is 856. The Balaban J connectivity index is 1.17. The first-order valence-electron chi connectivity index (χ1n) is 10.1. The summed E-state index contributed by atoms with van der Waals surface area (Å²) in [7, 11) is 1.94. The van der Waals surface area contributed by atoms with Gasteiger partial charge in [0.05, 0.1) is 12.7 Å². The maximum Gasteiger partial charge on any atom is 0.234 e. The summed E-state index contributed by atoms with van der Waals surface area (Å²) in [5, 5.41) is 7.33. The van der Waals surface area contributed by atoms with E-state index in [0.717, 1.165) is 45.6 Å². The molecular weight excluding hydrogens is 350 g/mol. The Labute approximate surface area is 166 Å². The van der Waals surface area contributed by atoms with Crippen LogP contribution in [-0.2, 0) is 24.8 Å². The van der Waals surface area contributed by atoms with Gasteiger partial charge in [-0.1, -0.05) is 30.3 Å². The van der Waals surface area contributed by atoms with Crippen molar-refractivity contribution < 1.29 is 4.79 Å². The lowest BCUT2D eigenvalue weighted by molar-refractivity contribution is -0.122. The lowest BCUT2D eigenvalue weighted by atomic mass is 10.00. The molecule has 2 aliphatic rings. The Hall–Kier alpha value is -2.44. The van der Waals surface area contributed by atoms with Crippen molar-refractivity contribution in [2.45, 2.75) is 19.4 Å². The summed E-state index contributed by atoms with van der Waals surface area (Å²) in [6.45, 7) is 5.88. The summed E-state index contributed by atoms with van der Waals surface area (Å²) >= 11 is 0. The van der Waals surface area contributed by atoms with Gasteiger partial charge in [-0.15, -0.1) is 0 Å². The Kier molecular flexibility index (Phi) is 5.88. The summed E-state index contributed by atoms with van der Waals surface area (Å²) < 4.78 is 1.83. The second kappa shape index (κ2) is 8.71. The number of aryl methyl sites for hydroxylation is 1. The zero-order valence-corrected chi connectivity index (χ0v) is 16.6. The zero-order valence-electron chi connectivity index (χ0n) is 16.6. The smallest absolute Gasteiger partial charge is 0.234 e. The molecule has 1 aromatic heterocycles. The molecule has 1 aromatic carbocycles. The van der Waals surface area contributed by atoms with Crippen LogP contribution in [0.15, 0.2) is 42.7 Å². The predicted molar refractivity (Wildman–Crippen MR) is 111 cm³/mol. The van der Waals surface area contributed by atoms with E-state index in [2.05, 4.69) is 50.6 Å². The predicted octanol–water partition coefficient (Wildman–Crippen LogP) is 1.68. The van der Waals surface area contributed by atoms with Crippen LogP contribution in [0.4, 0.5) is 0 Å². The first-order chi connectivity index (χ1) is 13.7. The molecule has 28 heavy (non-hydrogen) atoms. The number of hydrogen-bond acceptors (Lipinski definition) is 4. The lowest BCUT2D eigenvalue weighted by Crippen LogP contribution is -2.42. The van der Waals surface area contributed by atoms with Gasteiger partial charge in [0, 0.05) is 58.1 Å². The minimum atomic E-state index is 0.121. The molecule has 2 aromatic rings. The standard InChI is InChI=1S/C22H29N5O/c1-25-15-21(14-24-25)19-7-10-26(11-8-19)17-22(28)23-9-13-27-12-6-18-4-2-3-5-20(18)16-27/h2-5,7,14-15H,6,8-13,16-17H2,1H3,(H,23,28). The van der Waals surface area contributed by atoms with E-state index >= 15 is 0 Å². The van der Waals surface area contributed by atoms with Gasteiger partial charge >= 0.3 is 0 Å². The highest BCUT2D eigenvalue weighted by Crippen LogP contribution is 2.21. The third-order valence-corrected chi connectivity index (χ3v) is 5.70. The van der Waals surface area contributed by atoms with Crippen LogP contribution in [0.3, 0.4) is 0 Å². The van der Waals surface area contributed by atoms with E-state index in [1.165, 1.54) is 22.3 Å². The Morgan fingerprint density at radius 1 is 1.14 bits per heavy atom. The molecule has 0 saturated carbocycles. The van der Waals surface area contributed by atoms with E-state index in [4.69, 9.17) is 0 Å². The molecule has 0 fully saturated rings. The van der Waals surface area contributed by atoms with Crippen molar-refractivity contribution in [3.8, 4) is 0 Å². The molecule has 6 heteroatoms. The molecule has 0 aliphatic carbocycles. The molecule has 1 amide bonds. The van der Waals surface area contributed by atoms with E-state index in [9.17, 15) is 4.79 Å². The largest absolute Gasteiger partial charge is 0.354 e. The van der Waals surface area contributed by atoms with Crippen molar-refractivity contribution in [1.29, 1.82) is 0 Å². The average molecular weight is 380 g/mol. The minimum Gasteiger partial charge on any atom is -0.354 e. The molecule has 2 aliphatic heterocycles. The van der Waals surface area contributed by atoms with Crippen LogP contribution in [0.2, 0.25) is 0 Å². The van der Waals surface area contributed by atoms with Gasteiger partial charge in [-0.05, 0) is 29.5 Å². The van der Waals surface area contributed by atoms with Gasteiger partial charge in [-0.2, -0.15) is 5.10 Å². The number of hydrogen-bond donors (Lipinski definition) is 1. The number of carbonyl (C=O) groups excluding carboxylic acids is 1. The summed E-state index contributed by atoms with van der Waals surface area (Å²) in [4.78, 5) is 16.9. The Morgan fingerprint density at radius 3 is 2.71 bits per heavy atom. The fourth-order valence-corrected chi connectivity index (χ4v) is 4.06. The third kappa shape index (κ3) is 4.69. The first kappa shape index (κ1) is 18.9. The fourth-order valence-electron chi connectivity index (χ4n) is 4.06. The topological polar surface area (TPSA) is 53.4 Å². The highest BCUT2D eigenvalue weighted by atomic mass is 16.2. The van der Waals surface area contributed by atoms with E-state index in [-0.39, 0.29) is 5.91 Å². The van der Waals surface area contributed by atoms with Crippen molar-refractivity contribution in [2.75, 3.05) is 39.3 Å². The monoisotopic (exact) mass is 379 g/mol. The molecule has 0 saturated heterocycles. The molecular formula is C22H29N5O. The summed E-state index contributed by atoms with van der Waals surface area (Å²) in [6, 6.07) is 8.66. The van der Waals surface area contributed by atoms with Gasteiger partial charge in [0.2, 0.25) is 5.91 Å². The van der Waals surface area contributed by atoms with Crippen molar-refractivity contribution in [1.82, 2.24) is 24.9 Å². The molecule has 0 radical (unpaired) electrons. The van der Waals surface area contributed by atoms with E-state index < -0.39 is 0 Å². The van der Waals surface area contributed by atoms with Gasteiger partial charge in [-0.25, -0.2) is 0 Å². The van der Waals surface area contributed by atoms with E-state index in [1.54, 1.807) is 0 Å². The second-order valence-electron chi connectivity index (χ2n) is 7.76. The zero-order chi connectivity index (χ0) is 19.3. The second-order valence-corrected chi connectivity index (χ2v) is 7.76. The molecule has 1 N–H and O–H groups in total. The highest BCUT2D eigenvalue weighted by Gasteiger charge is 2.18. The molecule has 6 nitrogen and oxygen atoms in total. The van der Waals surface area contributed by atoms with Crippen LogP contribution >= 0.6 is 0 Å². The molecule has 0 bridgehead atoms. The number of amides is 1. The van der Waals surface area contributed by atoms with Crippen molar-refractivity contribution >= 4 is 11.5 Å². The van der Waals surface area contributed by atoms with Crippen LogP contribution in [0.1, 0.15) is 23.1 Å². The van der Waals surface area contributed by atoms with Crippen LogP contribution in [0.25, 0.3) is 5.57 Å². The van der Waals surface area contributed by atoms with Crippen LogP contribution in [0.5, 0.6) is 0 Å². The quantitative estimate of drug-likeness (QED) is 0.830. The van der Waals surface area contributed by atoms with E-state index in [0.29, 0.717) is 13.1 Å². The summed E-state index contributed by atoms with van der Waals surface area (Å²) in [5.41, 5.74) is 5.40. The molecule has 3 heterocycles. The minimum absolute atomic E-state index is 0.121. The van der Waals surface area contributed by atoms with Crippen LogP contribution in [0, 0.1) is 0 Å². The number of rotatable bonds is 6. The van der Waals surface area contributed by atoms with Gasteiger partial charge in [0.15, 0.2) is 0 Å². The number of fused-ring (bicyclic) bond motifs is 1. The number of nitrogens with one attached hydrogen (secondary N) is 1. The van der Waals surface area contributed by atoms with E-state index in [1.807, 2.05) is 24.1 Å². The molecule has 4 rings (SSSR count). The van der Waals surface area contributed by atoms with Gasteiger partial charge in [0.25, 0.3) is 0 Å². The SMILES string of the molecule is Cn1cc(C2=CCN(CC(=O)NCCN3CCc4ccccc4C3)CC2)cn1. The number of benzene rings is 1.